The molecule has 1 fully saturated rings. The molecule has 3 atom stereocenters. The molecule has 0 bridgehead atoms. The van der Waals surface area contributed by atoms with Gasteiger partial charge in [-0.15, -0.1) is 0 Å². The molecule has 1 heterocycles. The van der Waals surface area contributed by atoms with E-state index in [4.69, 9.17) is 4.74 Å². The maximum atomic E-state index is 12.3. The van der Waals surface area contributed by atoms with E-state index in [1.165, 1.54) is 0 Å². The van der Waals surface area contributed by atoms with E-state index < -0.39 is 11.7 Å². The van der Waals surface area contributed by atoms with E-state index in [-0.39, 0.29) is 23.3 Å². The molecule has 1 unspecified atom stereocenters. The predicted molar refractivity (Wildman–Crippen MR) is 71.2 cm³/mol. The molecule has 1 rings (SSSR count). The highest BCUT2D eigenvalue weighted by Gasteiger charge is 2.47. The fourth-order valence-electron chi connectivity index (χ4n) is 2.72. The van der Waals surface area contributed by atoms with Crippen molar-refractivity contribution in [3.63, 3.8) is 0 Å². The second-order valence-corrected chi connectivity index (χ2v) is 6.96. The summed E-state index contributed by atoms with van der Waals surface area (Å²) in [5.74, 6) is -0.232. The molecule has 1 saturated heterocycles. The number of hydrogen-bond acceptors (Lipinski definition) is 4. The van der Waals surface area contributed by atoms with Crippen molar-refractivity contribution in [2.75, 3.05) is 6.54 Å². The number of aliphatic hydroxyl groups is 1. The molecular formula is C14H27NO3. The Kier molecular flexibility index (Phi) is 4.44. The summed E-state index contributed by atoms with van der Waals surface area (Å²) in [5, 5.41) is 12.9. The molecule has 4 heteroatoms. The average Bonchev–Trinajstić information content (AvgIpc) is 2.36. The Morgan fingerprint density at radius 3 is 2.50 bits per heavy atom. The number of aliphatic hydroxyl groups excluding tert-OH is 1. The minimum Gasteiger partial charge on any atom is -0.460 e. The first-order valence-electron chi connectivity index (χ1n) is 6.69. The van der Waals surface area contributed by atoms with Gasteiger partial charge >= 0.3 is 5.97 Å². The molecule has 0 radical (unpaired) electrons. The molecule has 0 spiro atoms. The smallest absolute Gasteiger partial charge is 0.311 e. The summed E-state index contributed by atoms with van der Waals surface area (Å²) in [7, 11) is 0. The molecule has 1 aliphatic rings. The van der Waals surface area contributed by atoms with Crippen LogP contribution in [0.1, 0.15) is 48.0 Å². The summed E-state index contributed by atoms with van der Waals surface area (Å²) in [6, 6.07) is 0. The number of esters is 1. The minimum absolute atomic E-state index is 0.134. The highest BCUT2D eigenvalue weighted by atomic mass is 16.6. The summed E-state index contributed by atoms with van der Waals surface area (Å²) < 4.78 is 5.51. The molecule has 0 aliphatic carbocycles. The molecule has 106 valence electrons. The van der Waals surface area contributed by atoms with Crippen molar-refractivity contribution < 1.29 is 14.6 Å². The van der Waals surface area contributed by atoms with Gasteiger partial charge in [0.2, 0.25) is 0 Å². The van der Waals surface area contributed by atoms with Crippen molar-refractivity contribution in [3.8, 4) is 0 Å². The van der Waals surface area contributed by atoms with Gasteiger partial charge in [-0.25, -0.2) is 0 Å². The molecule has 0 aromatic carbocycles. The van der Waals surface area contributed by atoms with Gasteiger partial charge in [-0.3, -0.25) is 4.79 Å². The van der Waals surface area contributed by atoms with Crippen LogP contribution in [0.2, 0.25) is 0 Å². The van der Waals surface area contributed by atoms with Crippen LogP contribution < -0.4 is 5.32 Å². The summed E-state index contributed by atoms with van der Waals surface area (Å²) in [4.78, 5) is 12.3. The molecule has 2 N–H and O–H groups in total. The molecular weight excluding hydrogens is 230 g/mol. The zero-order chi connectivity index (χ0) is 14.1. The maximum absolute atomic E-state index is 12.3. The van der Waals surface area contributed by atoms with Crippen LogP contribution in [0.5, 0.6) is 0 Å². The fourth-order valence-corrected chi connectivity index (χ4v) is 2.72. The number of carbonyl (C=O) groups is 1. The van der Waals surface area contributed by atoms with Gasteiger partial charge in [0.25, 0.3) is 0 Å². The van der Waals surface area contributed by atoms with Crippen LogP contribution in [0.3, 0.4) is 0 Å². The summed E-state index contributed by atoms with van der Waals surface area (Å²) in [6.45, 7) is 12.2. The van der Waals surface area contributed by atoms with Crippen LogP contribution >= 0.6 is 0 Å². The lowest BCUT2D eigenvalue weighted by Crippen LogP contribution is -2.45. The van der Waals surface area contributed by atoms with Gasteiger partial charge < -0.3 is 15.2 Å². The van der Waals surface area contributed by atoms with E-state index in [1.807, 2.05) is 34.6 Å². The van der Waals surface area contributed by atoms with Crippen LogP contribution in [0.15, 0.2) is 0 Å². The zero-order valence-corrected chi connectivity index (χ0v) is 12.4. The first-order valence-corrected chi connectivity index (χ1v) is 6.69. The van der Waals surface area contributed by atoms with Gasteiger partial charge in [0, 0.05) is 5.54 Å². The largest absolute Gasteiger partial charge is 0.460 e. The van der Waals surface area contributed by atoms with Gasteiger partial charge in [0.05, 0.1) is 12.0 Å². The Hall–Kier alpha value is -0.610. The Balaban J connectivity index is 2.82. The van der Waals surface area contributed by atoms with Crippen molar-refractivity contribution in [3.05, 3.63) is 0 Å². The molecule has 0 amide bonds. The van der Waals surface area contributed by atoms with E-state index in [0.717, 1.165) is 6.54 Å². The molecule has 0 aromatic rings. The average molecular weight is 257 g/mol. The minimum atomic E-state index is -0.467. The van der Waals surface area contributed by atoms with E-state index in [9.17, 15) is 9.90 Å². The Labute approximate surface area is 110 Å². The highest BCUT2D eigenvalue weighted by Crippen LogP contribution is 2.35. The lowest BCUT2D eigenvalue weighted by molar-refractivity contribution is -0.163. The maximum Gasteiger partial charge on any atom is 0.311 e. The lowest BCUT2D eigenvalue weighted by Gasteiger charge is -2.31. The van der Waals surface area contributed by atoms with Gasteiger partial charge in [-0.1, -0.05) is 0 Å². The third-order valence-corrected chi connectivity index (χ3v) is 3.37. The van der Waals surface area contributed by atoms with Crippen LogP contribution in [0, 0.1) is 11.8 Å². The summed E-state index contributed by atoms with van der Waals surface area (Å²) >= 11 is 0. The Morgan fingerprint density at radius 2 is 2.06 bits per heavy atom. The van der Waals surface area contributed by atoms with Crippen LogP contribution in [0.4, 0.5) is 0 Å². The first kappa shape index (κ1) is 15.4. The second kappa shape index (κ2) is 5.17. The summed E-state index contributed by atoms with van der Waals surface area (Å²) in [6.07, 6.45) is 0.232. The lowest BCUT2D eigenvalue weighted by atomic mass is 9.80. The number of hydrogen-bond donors (Lipinski definition) is 2. The third-order valence-electron chi connectivity index (χ3n) is 3.37. The number of ether oxygens (including phenoxy) is 1. The Bertz CT molecular complexity index is 305. The highest BCUT2D eigenvalue weighted by molar-refractivity contribution is 5.75. The fraction of sp³-hybridized carbons (Fsp3) is 0.929. The SMILES string of the molecule is C[C@H](O)CC1CNC(C)(C)[C@H]1C(=O)OC(C)(C)C. The molecule has 4 nitrogen and oxygen atoms in total. The molecule has 0 saturated carbocycles. The van der Waals surface area contributed by atoms with Gasteiger partial charge in [-0.05, 0) is 60.4 Å². The molecule has 18 heavy (non-hydrogen) atoms. The monoisotopic (exact) mass is 257 g/mol. The predicted octanol–water partition coefficient (Wildman–Crippen LogP) is 1.71. The quantitative estimate of drug-likeness (QED) is 0.756. The van der Waals surface area contributed by atoms with E-state index in [0.29, 0.717) is 6.42 Å². The first-order chi connectivity index (χ1) is 8.03. The third kappa shape index (κ3) is 3.95. The zero-order valence-electron chi connectivity index (χ0n) is 12.4. The molecule has 1 aliphatic heterocycles. The Morgan fingerprint density at radius 1 is 1.50 bits per heavy atom. The van der Waals surface area contributed by atoms with Gasteiger partial charge in [-0.2, -0.15) is 0 Å². The van der Waals surface area contributed by atoms with Crippen molar-refractivity contribution in [2.45, 2.75) is 65.2 Å². The van der Waals surface area contributed by atoms with Crippen molar-refractivity contribution in [1.82, 2.24) is 5.32 Å². The number of carbonyl (C=O) groups excluding carboxylic acids is 1. The normalized spacial score (nSPS) is 29.1. The summed E-state index contributed by atoms with van der Waals surface area (Å²) in [5.41, 5.74) is -0.743. The van der Waals surface area contributed by atoms with Crippen molar-refractivity contribution >= 4 is 5.97 Å². The standard InChI is InChI=1S/C14H27NO3/c1-9(16)7-10-8-15-14(5,6)11(10)12(17)18-13(2,3)4/h9-11,15-16H,7-8H2,1-6H3/t9-,10?,11+/m0/s1. The van der Waals surface area contributed by atoms with Gasteiger partial charge in [0.1, 0.15) is 5.60 Å². The van der Waals surface area contributed by atoms with Crippen molar-refractivity contribution in [2.24, 2.45) is 11.8 Å². The van der Waals surface area contributed by atoms with Crippen LogP contribution in [-0.2, 0) is 9.53 Å². The van der Waals surface area contributed by atoms with E-state index in [1.54, 1.807) is 6.92 Å². The number of rotatable bonds is 3. The second-order valence-electron chi connectivity index (χ2n) is 6.96. The van der Waals surface area contributed by atoms with E-state index in [2.05, 4.69) is 5.32 Å². The van der Waals surface area contributed by atoms with E-state index >= 15 is 0 Å². The topological polar surface area (TPSA) is 58.6 Å². The van der Waals surface area contributed by atoms with Gasteiger partial charge in [0.15, 0.2) is 0 Å². The van der Waals surface area contributed by atoms with Crippen LogP contribution in [-0.4, -0.2) is 34.9 Å². The van der Waals surface area contributed by atoms with Crippen molar-refractivity contribution in [1.29, 1.82) is 0 Å². The molecule has 0 aromatic heterocycles. The number of nitrogens with one attached hydrogen (secondary N) is 1. The van der Waals surface area contributed by atoms with Crippen LogP contribution in [0.25, 0.3) is 0 Å².